The Morgan fingerprint density at radius 3 is 1.91 bits per heavy atom. The molecule has 2 atom stereocenters. The van der Waals surface area contributed by atoms with E-state index in [0.717, 1.165) is 47.9 Å². The van der Waals surface area contributed by atoms with Crippen molar-refractivity contribution in [3.63, 3.8) is 0 Å². The van der Waals surface area contributed by atoms with Gasteiger partial charge >= 0.3 is 6.09 Å². The van der Waals surface area contributed by atoms with E-state index in [4.69, 9.17) is 10.5 Å². The van der Waals surface area contributed by atoms with Crippen molar-refractivity contribution >= 4 is 29.5 Å². The zero-order valence-corrected chi connectivity index (χ0v) is 27.1. The van der Waals surface area contributed by atoms with E-state index in [9.17, 15) is 19.2 Å². The van der Waals surface area contributed by atoms with Crippen molar-refractivity contribution < 1.29 is 23.9 Å². The molecule has 0 aliphatic rings. The maximum Gasteiger partial charge on any atom is 0.408 e. The first-order valence-corrected chi connectivity index (χ1v) is 15.2. The lowest BCUT2D eigenvalue weighted by atomic mass is 9.93. The number of rotatable bonds is 14. The summed E-state index contributed by atoms with van der Waals surface area (Å²) in [5.74, 6) is -1.72. The number of aryl methyl sites for hydroxylation is 4. The monoisotopic (exact) mass is 594 g/mol. The Bertz CT molecular complexity index is 1240. The molecule has 2 unspecified atom stereocenters. The number of hydrogen-bond acceptors (Lipinski definition) is 5. The second kappa shape index (κ2) is 16.1. The lowest BCUT2D eigenvalue weighted by Crippen LogP contribution is -2.54. The minimum absolute atomic E-state index is 0.242. The molecule has 9 nitrogen and oxygen atoms in total. The highest BCUT2D eigenvalue weighted by Crippen LogP contribution is 2.31. The molecule has 9 heteroatoms. The number of benzene rings is 2. The van der Waals surface area contributed by atoms with Crippen LogP contribution in [0.1, 0.15) is 100 Å². The smallest absolute Gasteiger partial charge is 0.408 e. The van der Waals surface area contributed by atoms with Gasteiger partial charge in [0.15, 0.2) is 0 Å². The average Bonchev–Trinajstić information content (AvgIpc) is 2.89. The van der Waals surface area contributed by atoms with Gasteiger partial charge in [-0.2, -0.15) is 0 Å². The summed E-state index contributed by atoms with van der Waals surface area (Å²) in [5, 5.41) is 5.65. The van der Waals surface area contributed by atoms with Crippen LogP contribution in [0.5, 0.6) is 0 Å². The molecule has 4 N–H and O–H groups in total. The fourth-order valence-corrected chi connectivity index (χ4v) is 5.19. The number of primary amides is 1. The largest absolute Gasteiger partial charge is 0.444 e. The fourth-order valence-electron chi connectivity index (χ4n) is 5.19. The number of nitrogens with one attached hydrogen (secondary N) is 2. The summed E-state index contributed by atoms with van der Waals surface area (Å²) >= 11 is 0. The number of nitrogens with zero attached hydrogens (tertiary/aromatic N) is 1. The van der Waals surface area contributed by atoms with Gasteiger partial charge < -0.3 is 26.0 Å². The molecule has 0 aliphatic heterocycles. The van der Waals surface area contributed by atoms with E-state index in [0.29, 0.717) is 17.7 Å². The van der Waals surface area contributed by atoms with E-state index >= 15 is 0 Å². The minimum Gasteiger partial charge on any atom is -0.444 e. The maximum atomic E-state index is 14.4. The van der Waals surface area contributed by atoms with Gasteiger partial charge in [-0.3, -0.25) is 14.4 Å². The molecule has 2 aromatic carbocycles. The van der Waals surface area contributed by atoms with Gasteiger partial charge in [0.1, 0.15) is 17.7 Å². The standard InChI is InChI=1S/C34H50N4O5/c1-9-10-11-12-13-20-38(32(41)26(21-27(35)39)36-33(42)43-34(6,7)8)30(28-22(2)16-14-17-23(28)3)31(40)37-29-24(4)18-15-19-25(29)5/h14-19,26,30H,9-13,20-21H2,1-8H3,(H2,35,39)(H,36,42)(H,37,40). The van der Waals surface area contributed by atoms with Crippen LogP contribution in [0, 0.1) is 27.7 Å². The summed E-state index contributed by atoms with van der Waals surface area (Å²) in [6.45, 7) is 15.1. The van der Waals surface area contributed by atoms with Crippen LogP contribution in [0.4, 0.5) is 10.5 Å². The van der Waals surface area contributed by atoms with Crippen LogP contribution in [-0.4, -0.2) is 46.9 Å². The molecule has 0 aromatic heterocycles. The van der Waals surface area contributed by atoms with Crippen LogP contribution >= 0.6 is 0 Å². The first kappa shape index (κ1) is 35.3. The van der Waals surface area contributed by atoms with Gasteiger partial charge in [-0.1, -0.05) is 69.0 Å². The minimum atomic E-state index is -1.32. The van der Waals surface area contributed by atoms with Gasteiger partial charge in [-0.05, 0) is 82.7 Å². The molecule has 0 saturated carbocycles. The van der Waals surface area contributed by atoms with Crippen molar-refractivity contribution in [2.75, 3.05) is 11.9 Å². The first-order chi connectivity index (χ1) is 20.2. The van der Waals surface area contributed by atoms with Crippen LogP contribution in [0.3, 0.4) is 0 Å². The Morgan fingerprint density at radius 1 is 0.860 bits per heavy atom. The molecule has 0 saturated heterocycles. The fraction of sp³-hybridized carbons (Fsp3) is 0.529. The van der Waals surface area contributed by atoms with Gasteiger partial charge in [-0.25, -0.2) is 4.79 Å². The molecule has 43 heavy (non-hydrogen) atoms. The number of unbranched alkanes of at least 4 members (excludes halogenated alkanes) is 4. The van der Waals surface area contributed by atoms with Crippen molar-refractivity contribution in [3.8, 4) is 0 Å². The number of carbonyl (C=O) groups excluding carboxylic acids is 4. The highest BCUT2D eigenvalue weighted by Gasteiger charge is 2.38. The third-order valence-corrected chi connectivity index (χ3v) is 7.28. The lowest BCUT2D eigenvalue weighted by Gasteiger charge is -2.36. The number of amides is 4. The summed E-state index contributed by atoms with van der Waals surface area (Å²) in [6, 6.07) is 9.13. The van der Waals surface area contributed by atoms with Crippen LogP contribution in [0.25, 0.3) is 0 Å². The van der Waals surface area contributed by atoms with Crippen molar-refractivity contribution in [2.24, 2.45) is 5.73 Å². The van der Waals surface area contributed by atoms with Gasteiger partial charge in [0.05, 0.1) is 6.42 Å². The lowest BCUT2D eigenvalue weighted by molar-refractivity contribution is -0.142. The predicted octanol–water partition coefficient (Wildman–Crippen LogP) is 6.17. The van der Waals surface area contributed by atoms with Gasteiger partial charge in [0.25, 0.3) is 5.91 Å². The quantitative estimate of drug-likeness (QED) is 0.225. The molecule has 0 radical (unpaired) electrons. The van der Waals surface area contributed by atoms with E-state index in [1.807, 2.05) is 64.1 Å². The van der Waals surface area contributed by atoms with E-state index < -0.39 is 42.0 Å². The number of alkyl carbamates (subject to hydrolysis) is 1. The molecule has 0 aliphatic carbocycles. The van der Waals surface area contributed by atoms with E-state index in [1.165, 1.54) is 4.90 Å². The molecule has 0 spiro atoms. The highest BCUT2D eigenvalue weighted by atomic mass is 16.6. The number of ether oxygens (including phenoxy) is 1. The van der Waals surface area contributed by atoms with E-state index in [2.05, 4.69) is 17.6 Å². The molecule has 0 bridgehead atoms. The summed E-state index contributed by atoms with van der Waals surface area (Å²) < 4.78 is 5.39. The van der Waals surface area contributed by atoms with Crippen molar-refractivity contribution in [1.29, 1.82) is 0 Å². The second-order valence-corrected chi connectivity index (χ2v) is 12.3. The molecular weight excluding hydrogens is 544 g/mol. The zero-order chi connectivity index (χ0) is 32.3. The number of para-hydroxylation sites is 1. The Labute approximate surface area is 256 Å². The average molecular weight is 595 g/mol. The van der Waals surface area contributed by atoms with Gasteiger partial charge in [0.2, 0.25) is 11.8 Å². The molecule has 0 heterocycles. The summed E-state index contributed by atoms with van der Waals surface area (Å²) in [5.41, 5.74) is 9.57. The van der Waals surface area contributed by atoms with Gasteiger partial charge in [-0.15, -0.1) is 0 Å². The summed E-state index contributed by atoms with van der Waals surface area (Å²) in [6.07, 6.45) is 3.32. The van der Waals surface area contributed by atoms with E-state index in [1.54, 1.807) is 20.8 Å². The number of carbonyl (C=O) groups is 4. The topological polar surface area (TPSA) is 131 Å². The third-order valence-electron chi connectivity index (χ3n) is 7.28. The summed E-state index contributed by atoms with van der Waals surface area (Å²) in [7, 11) is 0. The first-order valence-electron chi connectivity index (χ1n) is 15.2. The molecule has 2 rings (SSSR count). The predicted molar refractivity (Wildman–Crippen MR) is 171 cm³/mol. The molecule has 4 amide bonds. The number of anilines is 1. The third kappa shape index (κ3) is 10.7. The van der Waals surface area contributed by atoms with Crippen LogP contribution in [-0.2, 0) is 19.1 Å². The number of hydrogen-bond donors (Lipinski definition) is 3. The normalized spacial score (nSPS) is 12.7. The Kier molecular flexibility index (Phi) is 13.2. The summed E-state index contributed by atoms with van der Waals surface area (Å²) in [4.78, 5) is 55.1. The SMILES string of the molecule is CCCCCCCN(C(=O)C(CC(N)=O)NC(=O)OC(C)(C)C)C(C(=O)Nc1c(C)cccc1C)c1c(C)cccc1C. The Hall–Kier alpha value is -3.88. The number of nitrogens with two attached hydrogens (primary N) is 1. The van der Waals surface area contributed by atoms with Crippen LogP contribution in [0.15, 0.2) is 36.4 Å². The Morgan fingerprint density at radius 2 is 1.40 bits per heavy atom. The van der Waals surface area contributed by atoms with Gasteiger partial charge in [0, 0.05) is 12.2 Å². The van der Waals surface area contributed by atoms with Crippen LogP contribution < -0.4 is 16.4 Å². The van der Waals surface area contributed by atoms with Crippen molar-refractivity contribution in [3.05, 3.63) is 64.2 Å². The van der Waals surface area contributed by atoms with Crippen molar-refractivity contribution in [1.82, 2.24) is 10.2 Å². The molecular formula is C34H50N4O5. The maximum absolute atomic E-state index is 14.4. The van der Waals surface area contributed by atoms with Crippen LogP contribution in [0.2, 0.25) is 0 Å². The second-order valence-electron chi connectivity index (χ2n) is 12.3. The molecule has 0 fully saturated rings. The molecule has 2 aromatic rings. The Balaban J connectivity index is 2.65. The van der Waals surface area contributed by atoms with E-state index in [-0.39, 0.29) is 12.5 Å². The van der Waals surface area contributed by atoms with Crippen molar-refractivity contribution in [2.45, 2.75) is 112 Å². The highest BCUT2D eigenvalue weighted by molar-refractivity contribution is 6.00. The zero-order valence-electron chi connectivity index (χ0n) is 27.1. The molecule has 236 valence electrons.